The Morgan fingerprint density at radius 2 is 2.05 bits per heavy atom. The molecule has 0 radical (unpaired) electrons. The molecule has 2 fully saturated rings. The molecule has 112 valence electrons. The molecule has 5 heteroatoms. The van der Waals surface area contributed by atoms with Crippen LogP contribution in [0, 0.1) is 12.3 Å². The summed E-state index contributed by atoms with van der Waals surface area (Å²) in [6.45, 7) is 4.21. The Morgan fingerprint density at radius 3 is 2.67 bits per heavy atom. The summed E-state index contributed by atoms with van der Waals surface area (Å²) in [7, 11) is 0. The van der Waals surface area contributed by atoms with Crippen LogP contribution in [-0.4, -0.2) is 36.3 Å². The highest BCUT2D eigenvalue weighted by molar-refractivity contribution is 9.10. The van der Waals surface area contributed by atoms with E-state index in [1.54, 1.807) is 0 Å². The molecule has 0 atom stereocenters. The van der Waals surface area contributed by atoms with Gasteiger partial charge in [-0.1, -0.05) is 12.1 Å². The average Bonchev–Trinajstić information content (AvgIpc) is 2.83. The van der Waals surface area contributed by atoms with Gasteiger partial charge in [-0.25, -0.2) is 0 Å². The van der Waals surface area contributed by atoms with Crippen molar-refractivity contribution in [2.24, 2.45) is 5.41 Å². The van der Waals surface area contributed by atoms with E-state index in [0.717, 1.165) is 48.1 Å². The number of piperidine rings is 1. The van der Waals surface area contributed by atoms with Gasteiger partial charge >= 0.3 is 0 Å². The molecule has 0 bridgehead atoms. The molecule has 0 unspecified atom stereocenters. The van der Waals surface area contributed by atoms with Gasteiger partial charge < -0.3 is 10.2 Å². The van der Waals surface area contributed by atoms with Gasteiger partial charge in [-0.05, 0) is 52.7 Å². The van der Waals surface area contributed by atoms with E-state index in [2.05, 4.69) is 21.2 Å². The number of rotatable bonds is 1. The van der Waals surface area contributed by atoms with Crippen LogP contribution in [-0.2, 0) is 4.79 Å². The van der Waals surface area contributed by atoms with Gasteiger partial charge in [-0.3, -0.25) is 9.59 Å². The van der Waals surface area contributed by atoms with Crippen molar-refractivity contribution in [3.63, 3.8) is 0 Å². The second-order valence-electron chi connectivity index (χ2n) is 6.18. The Hall–Kier alpha value is -1.36. The fourth-order valence-corrected chi connectivity index (χ4v) is 3.71. The Labute approximate surface area is 133 Å². The smallest absolute Gasteiger partial charge is 0.255 e. The summed E-state index contributed by atoms with van der Waals surface area (Å²) in [6, 6.07) is 5.77. The summed E-state index contributed by atoms with van der Waals surface area (Å²) in [4.78, 5) is 26.0. The van der Waals surface area contributed by atoms with Gasteiger partial charge in [0.2, 0.25) is 5.91 Å². The molecule has 0 aromatic heterocycles. The van der Waals surface area contributed by atoms with Crippen LogP contribution < -0.4 is 5.32 Å². The zero-order valence-electron chi connectivity index (χ0n) is 12.1. The van der Waals surface area contributed by atoms with E-state index in [0.29, 0.717) is 6.42 Å². The SMILES string of the molecule is Cc1cccc(C(=O)N2CCC3(CC2)CNC(=O)C3)c1Br. The number of hydrogen-bond donors (Lipinski definition) is 1. The first kappa shape index (κ1) is 14.6. The second-order valence-corrected chi connectivity index (χ2v) is 6.98. The first-order valence-electron chi connectivity index (χ1n) is 7.32. The highest BCUT2D eigenvalue weighted by Gasteiger charge is 2.41. The van der Waals surface area contributed by atoms with Crippen LogP contribution in [0.2, 0.25) is 0 Å². The highest BCUT2D eigenvalue weighted by Crippen LogP contribution is 2.38. The normalized spacial score (nSPS) is 20.7. The zero-order chi connectivity index (χ0) is 15.0. The lowest BCUT2D eigenvalue weighted by atomic mass is 9.77. The van der Waals surface area contributed by atoms with Gasteiger partial charge in [-0.15, -0.1) is 0 Å². The average molecular weight is 351 g/mol. The molecule has 2 heterocycles. The molecule has 0 aliphatic carbocycles. The van der Waals surface area contributed by atoms with E-state index in [-0.39, 0.29) is 17.2 Å². The number of carbonyl (C=O) groups excluding carboxylic acids is 2. The van der Waals surface area contributed by atoms with Gasteiger partial charge in [0.05, 0.1) is 5.56 Å². The molecule has 4 nitrogen and oxygen atoms in total. The fourth-order valence-electron chi connectivity index (χ4n) is 3.27. The van der Waals surface area contributed by atoms with Gasteiger partial charge in [0.25, 0.3) is 5.91 Å². The van der Waals surface area contributed by atoms with Crippen molar-refractivity contribution < 1.29 is 9.59 Å². The predicted octanol–water partition coefficient (Wildman–Crippen LogP) is 2.50. The number of aryl methyl sites for hydroxylation is 1. The number of carbonyl (C=O) groups is 2. The maximum Gasteiger partial charge on any atom is 0.255 e. The van der Waals surface area contributed by atoms with Crippen LogP contribution in [0.1, 0.15) is 35.2 Å². The minimum atomic E-state index is 0.0811. The minimum absolute atomic E-state index is 0.0811. The van der Waals surface area contributed by atoms with Crippen molar-refractivity contribution in [1.82, 2.24) is 10.2 Å². The van der Waals surface area contributed by atoms with E-state index in [1.165, 1.54) is 0 Å². The molecule has 2 aliphatic rings. The number of benzene rings is 1. The first-order valence-corrected chi connectivity index (χ1v) is 8.11. The maximum absolute atomic E-state index is 12.7. The van der Waals surface area contributed by atoms with E-state index < -0.39 is 0 Å². The van der Waals surface area contributed by atoms with E-state index in [4.69, 9.17) is 0 Å². The van der Waals surface area contributed by atoms with Gasteiger partial charge in [-0.2, -0.15) is 0 Å². The van der Waals surface area contributed by atoms with Gasteiger partial charge in [0.1, 0.15) is 0 Å². The quantitative estimate of drug-likeness (QED) is 0.845. The summed E-state index contributed by atoms with van der Waals surface area (Å²) in [5, 5.41) is 2.92. The molecular formula is C16H19BrN2O2. The van der Waals surface area contributed by atoms with Crippen molar-refractivity contribution in [2.75, 3.05) is 19.6 Å². The summed E-state index contributed by atoms with van der Waals surface area (Å²) >= 11 is 3.51. The molecule has 1 aromatic rings. The molecule has 2 saturated heterocycles. The Bertz CT molecular complexity index is 592. The fraction of sp³-hybridized carbons (Fsp3) is 0.500. The van der Waals surface area contributed by atoms with Crippen molar-refractivity contribution >= 4 is 27.7 Å². The summed E-state index contributed by atoms with van der Waals surface area (Å²) in [6.07, 6.45) is 2.42. The molecule has 2 aliphatic heterocycles. The molecule has 1 aromatic carbocycles. The van der Waals surface area contributed by atoms with E-state index in [9.17, 15) is 9.59 Å². The summed E-state index contributed by atoms with van der Waals surface area (Å²) in [5.74, 6) is 0.230. The Morgan fingerprint density at radius 1 is 1.33 bits per heavy atom. The summed E-state index contributed by atoms with van der Waals surface area (Å²) in [5.41, 5.74) is 1.88. The number of likely N-dealkylation sites (tertiary alicyclic amines) is 1. The van der Waals surface area contributed by atoms with Crippen molar-refractivity contribution in [1.29, 1.82) is 0 Å². The summed E-state index contributed by atoms with van der Waals surface area (Å²) < 4.78 is 0.882. The van der Waals surface area contributed by atoms with Crippen LogP contribution in [0.15, 0.2) is 22.7 Å². The lowest BCUT2D eigenvalue weighted by Crippen LogP contribution is -2.44. The number of hydrogen-bond acceptors (Lipinski definition) is 2. The van der Waals surface area contributed by atoms with Crippen molar-refractivity contribution in [2.45, 2.75) is 26.2 Å². The molecule has 3 rings (SSSR count). The molecule has 1 N–H and O–H groups in total. The van der Waals surface area contributed by atoms with Crippen molar-refractivity contribution in [3.05, 3.63) is 33.8 Å². The van der Waals surface area contributed by atoms with E-state index in [1.807, 2.05) is 30.0 Å². The first-order chi connectivity index (χ1) is 10.0. The van der Waals surface area contributed by atoms with Crippen LogP contribution in [0.25, 0.3) is 0 Å². The molecule has 0 saturated carbocycles. The Balaban J connectivity index is 1.71. The molecular weight excluding hydrogens is 332 g/mol. The number of nitrogens with one attached hydrogen (secondary N) is 1. The lowest BCUT2D eigenvalue weighted by Gasteiger charge is -2.38. The van der Waals surface area contributed by atoms with Crippen LogP contribution >= 0.6 is 15.9 Å². The largest absolute Gasteiger partial charge is 0.356 e. The standard InChI is InChI=1S/C16H19BrN2O2/c1-11-3-2-4-12(14(11)17)15(21)19-7-5-16(6-8-19)9-13(20)18-10-16/h2-4H,5-10H2,1H3,(H,18,20). The van der Waals surface area contributed by atoms with Crippen LogP contribution in [0.3, 0.4) is 0 Å². The van der Waals surface area contributed by atoms with Crippen molar-refractivity contribution in [3.8, 4) is 0 Å². The minimum Gasteiger partial charge on any atom is -0.356 e. The third kappa shape index (κ3) is 2.71. The molecule has 1 spiro atoms. The van der Waals surface area contributed by atoms with Gasteiger partial charge in [0.15, 0.2) is 0 Å². The Kier molecular flexibility index (Phi) is 3.78. The third-order valence-electron chi connectivity index (χ3n) is 4.73. The number of nitrogens with zero attached hydrogens (tertiary/aromatic N) is 1. The monoisotopic (exact) mass is 350 g/mol. The number of amides is 2. The lowest BCUT2D eigenvalue weighted by molar-refractivity contribution is -0.119. The highest BCUT2D eigenvalue weighted by atomic mass is 79.9. The third-order valence-corrected chi connectivity index (χ3v) is 5.78. The topological polar surface area (TPSA) is 49.4 Å². The van der Waals surface area contributed by atoms with Gasteiger partial charge in [0, 0.05) is 30.5 Å². The van der Waals surface area contributed by atoms with Crippen LogP contribution in [0.4, 0.5) is 0 Å². The molecule has 21 heavy (non-hydrogen) atoms. The van der Waals surface area contributed by atoms with Crippen LogP contribution in [0.5, 0.6) is 0 Å². The molecule has 2 amide bonds. The number of halogens is 1. The predicted molar refractivity (Wildman–Crippen MR) is 84.1 cm³/mol. The second kappa shape index (κ2) is 5.44. The zero-order valence-corrected chi connectivity index (χ0v) is 13.7. The maximum atomic E-state index is 12.7. The van der Waals surface area contributed by atoms with E-state index >= 15 is 0 Å².